The van der Waals surface area contributed by atoms with Crippen LogP contribution in [0.2, 0.25) is 0 Å². The van der Waals surface area contributed by atoms with Gasteiger partial charge in [-0.1, -0.05) is 61.5 Å². The van der Waals surface area contributed by atoms with E-state index in [0.717, 1.165) is 27.7 Å². The summed E-state index contributed by atoms with van der Waals surface area (Å²) in [5.41, 5.74) is -3.36. The molecule has 4 fully saturated rings. The molecule has 532 valence electrons. The van der Waals surface area contributed by atoms with Crippen molar-refractivity contribution in [1.29, 1.82) is 0 Å². The van der Waals surface area contributed by atoms with Crippen molar-refractivity contribution in [3.8, 4) is 0 Å². The molecule has 2 amide bonds. The van der Waals surface area contributed by atoms with Gasteiger partial charge in [0.15, 0.2) is 29.1 Å². The van der Waals surface area contributed by atoms with Crippen LogP contribution in [-0.4, -0.2) is 251 Å². The number of ether oxygens (including phenoxy) is 14. The van der Waals surface area contributed by atoms with Crippen LogP contribution in [0.25, 0.3) is 0 Å². The quantitative estimate of drug-likeness (QED) is 0.0629. The zero-order chi connectivity index (χ0) is 68.2. The molecular formula is C71H97F2NO22. The van der Waals surface area contributed by atoms with E-state index >= 15 is 8.78 Å². The van der Waals surface area contributed by atoms with Crippen LogP contribution in [0.15, 0.2) is 84.5 Å². The highest BCUT2D eigenvalue weighted by Gasteiger charge is 2.80. The van der Waals surface area contributed by atoms with Crippen molar-refractivity contribution in [1.82, 2.24) is 4.90 Å². The van der Waals surface area contributed by atoms with E-state index in [4.69, 9.17) is 66.3 Å². The van der Waals surface area contributed by atoms with Crippen LogP contribution in [-0.2, 0) is 108 Å². The highest BCUT2D eigenvalue weighted by molar-refractivity contribution is 6.13. The summed E-state index contributed by atoms with van der Waals surface area (Å²) in [5.74, 6) is -3.48. The smallest absolute Gasteiger partial charge is 0.253 e. The third-order valence-electron chi connectivity index (χ3n) is 18.9. The van der Waals surface area contributed by atoms with Gasteiger partial charge in [0.25, 0.3) is 11.8 Å². The monoisotopic (exact) mass is 1350 g/mol. The van der Waals surface area contributed by atoms with Crippen LogP contribution in [0.5, 0.6) is 0 Å². The Balaban J connectivity index is 0.550. The van der Waals surface area contributed by atoms with E-state index in [2.05, 4.69) is 0 Å². The molecule has 2 aromatic rings. The number of alkyl halides is 2. The number of imide groups is 1. The van der Waals surface area contributed by atoms with Crippen LogP contribution in [0.4, 0.5) is 8.78 Å². The van der Waals surface area contributed by atoms with E-state index in [-0.39, 0.29) is 80.6 Å². The second-order valence-electron chi connectivity index (χ2n) is 25.1. The molecule has 6 aliphatic rings. The Bertz CT molecular complexity index is 2890. The second-order valence-corrected chi connectivity index (χ2v) is 25.1. The molecule has 96 heavy (non-hydrogen) atoms. The van der Waals surface area contributed by atoms with Crippen LogP contribution in [0.1, 0.15) is 87.3 Å². The fraction of sp³-hybridized carbons (Fsp3) is 0.662. The summed E-state index contributed by atoms with van der Waals surface area (Å²) < 4.78 is 113. The summed E-state index contributed by atoms with van der Waals surface area (Å²) >= 11 is 0. The van der Waals surface area contributed by atoms with Crippen molar-refractivity contribution in [3.05, 3.63) is 107 Å². The number of Topliss-reactive ketones (excluding diaryl/α,β-unsaturated/α-hetero) is 3. The number of halogens is 2. The molecule has 25 heteroatoms. The fourth-order valence-electron chi connectivity index (χ4n) is 14.0. The molecular weight excluding hydrogens is 1260 g/mol. The summed E-state index contributed by atoms with van der Waals surface area (Å²) in [6.07, 6.45) is 2.78. The molecule has 0 aromatic heterocycles. The van der Waals surface area contributed by atoms with Gasteiger partial charge in [-0.3, -0.25) is 33.7 Å². The van der Waals surface area contributed by atoms with Crippen molar-refractivity contribution in [2.45, 2.75) is 108 Å². The topological polar surface area (TPSA) is 275 Å². The zero-order valence-electron chi connectivity index (χ0n) is 55.5. The standard InChI is InChI=1S/C71H97F2NO22/c1-68-17-14-56(77)46-60(68)61(72)47-59-58-48-64-71(63(80)50-75,69(58,2)49-62(79)70(59,68)73)96-67(95-64)54-10-8-51(9-11-54)43-52-5-3-6-53(44-52)45-57(78)16-20-84-22-24-86-26-28-88-30-32-90-34-36-92-38-40-94-42-41-93-39-37-91-35-33-89-31-29-87-27-25-85-23-21-83-19-4-7-55(76)15-18-74-65(81)12-13-66(74)82/h3,5-6,8-14,17,44,46,58-59,61-62,64,67,75,79H,4,7,15-16,18-43,45,47-50H2,1-2H3/t58-,59-,61-,62-,64+,67+,68-,69-,70-,71+/m0/s1. The number of rotatable bonds is 50. The average molecular weight is 1350 g/mol. The number of hydrogen-bond acceptors (Lipinski definition) is 22. The summed E-state index contributed by atoms with van der Waals surface area (Å²) in [6, 6.07) is 15.4. The van der Waals surface area contributed by atoms with Crippen molar-refractivity contribution >= 4 is 34.9 Å². The van der Waals surface area contributed by atoms with Crippen molar-refractivity contribution in [3.63, 3.8) is 0 Å². The lowest BCUT2D eigenvalue weighted by molar-refractivity contribution is -0.235. The Labute approximate surface area is 560 Å². The summed E-state index contributed by atoms with van der Waals surface area (Å²) in [7, 11) is 0. The number of nitrogens with zero attached hydrogens (tertiary/aromatic N) is 1. The van der Waals surface area contributed by atoms with Gasteiger partial charge < -0.3 is 76.5 Å². The number of carbonyl (C=O) groups is 6. The molecule has 2 heterocycles. The van der Waals surface area contributed by atoms with Crippen molar-refractivity contribution in [2.24, 2.45) is 22.7 Å². The van der Waals surface area contributed by atoms with Crippen LogP contribution < -0.4 is 0 Å². The minimum atomic E-state index is -2.34. The van der Waals surface area contributed by atoms with E-state index in [1.54, 1.807) is 6.92 Å². The maximum absolute atomic E-state index is 17.8. The molecule has 23 nitrogen and oxygen atoms in total. The minimum Gasteiger partial charge on any atom is -0.390 e. The van der Waals surface area contributed by atoms with Crippen molar-refractivity contribution < 1.29 is 114 Å². The summed E-state index contributed by atoms with van der Waals surface area (Å²) in [4.78, 5) is 75.3. The molecule has 8 rings (SSSR count). The maximum atomic E-state index is 17.8. The fourth-order valence-corrected chi connectivity index (χ4v) is 14.0. The van der Waals surface area contributed by atoms with Gasteiger partial charge in [-0.2, -0.15) is 0 Å². The summed E-state index contributed by atoms with van der Waals surface area (Å²) in [5, 5.41) is 22.2. The molecule has 2 aromatic carbocycles. The number of ketones is 4. The SMILES string of the molecule is C[C@]12C=CC(=O)C=C1[C@@H](F)C[C@H]1[C@@H]3C[C@H]4O[C@@H](c5ccc(Cc6cccc(CC(=O)CCOCCOCCOCCOCCOCCOCCOCCOCCOCCOCCOCCOCCCC(=O)CCN7C(=O)C=CC7=O)c6)cc5)O[C@@]4(C(=O)CO)[C@@]3(C)C[C@H](O)[C@@]12F. The molecule has 4 aliphatic carbocycles. The van der Waals surface area contributed by atoms with Gasteiger partial charge in [-0.15, -0.1) is 0 Å². The van der Waals surface area contributed by atoms with Gasteiger partial charge >= 0.3 is 0 Å². The molecule has 1 saturated heterocycles. The number of hydrogen-bond donors (Lipinski definition) is 2. The normalized spacial score (nSPS) is 26.5. The van der Waals surface area contributed by atoms with Gasteiger partial charge in [0.1, 0.15) is 24.3 Å². The lowest BCUT2D eigenvalue weighted by Gasteiger charge is -2.63. The number of amides is 2. The third kappa shape index (κ3) is 20.4. The number of carbonyl (C=O) groups excluding carboxylic acids is 6. The number of allylic oxidation sites excluding steroid dienone is 4. The second kappa shape index (κ2) is 38.9. The van der Waals surface area contributed by atoms with Crippen LogP contribution in [0, 0.1) is 22.7 Å². The first-order chi connectivity index (χ1) is 46.5. The largest absolute Gasteiger partial charge is 0.390 e. The Morgan fingerprint density at radius 1 is 0.583 bits per heavy atom. The maximum Gasteiger partial charge on any atom is 0.253 e. The Morgan fingerprint density at radius 3 is 1.58 bits per heavy atom. The molecule has 2 N–H and O–H groups in total. The third-order valence-corrected chi connectivity index (χ3v) is 18.9. The molecule has 0 bridgehead atoms. The zero-order valence-corrected chi connectivity index (χ0v) is 55.5. The van der Waals surface area contributed by atoms with Crippen molar-refractivity contribution in [2.75, 3.05) is 172 Å². The van der Waals surface area contributed by atoms with E-state index in [1.807, 2.05) is 48.5 Å². The molecule has 0 unspecified atom stereocenters. The van der Waals surface area contributed by atoms with Crippen LogP contribution >= 0.6 is 0 Å². The number of aliphatic hydroxyl groups is 2. The molecule has 2 aliphatic heterocycles. The lowest BCUT2D eigenvalue weighted by atomic mass is 9.44. The molecule has 10 atom stereocenters. The first-order valence-electron chi connectivity index (χ1n) is 33.6. The highest BCUT2D eigenvalue weighted by Crippen LogP contribution is 2.72. The lowest BCUT2D eigenvalue weighted by Crippen LogP contribution is -2.70. The Morgan fingerprint density at radius 2 is 1.07 bits per heavy atom. The summed E-state index contributed by atoms with van der Waals surface area (Å²) in [6.45, 7) is 12.6. The van der Waals surface area contributed by atoms with Crippen LogP contribution in [0.3, 0.4) is 0 Å². The van der Waals surface area contributed by atoms with Gasteiger partial charge in [0.2, 0.25) is 0 Å². The van der Waals surface area contributed by atoms with E-state index < -0.39 is 76.8 Å². The van der Waals surface area contributed by atoms with E-state index in [9.17, 15) is 39.0 Å². The number of aliphatic hydroxyl groups excluding tert-OH is 2. The van der Waals surface area contributed by atoms with E-state index in [0.29, 0.717) is 177 Å². The van der Waals surface area contributed by atoms with Gasteiger partial charge in [-0.25, -0.2) is 8.78 Å². The molecule has 0 spiro atoms. The first-order valence-corrected chi connectivity index (χ1v) is 33.6. The average Bonchev–Trinajstić information content (AvgIpc) is 1.39. The number of fused-ring (bicyclic) bond motifs is 7. The predicted octanol–water partition coefficient (Wildman–Crippen LogP) is 5.29. The number of benzene rings is 2. The van der Waals surface area contributed by atoms with Gasteiger partial charge in [-0.05, 0) is 79.4 Å². The predicted molar refractivity (Wildman–Crippen MR) is 341 cm³/mol. The van der Waals surface area contributed by atoms with Gasteiger partial charge in [0.05, 0.1) is 164 Å². The Kier molecular flexibility index (Phi) is 31.0. The minimum absolute atomic E-state index is 0.0145. The molecule has 0 radical (unpaired) electrons. The van der Waals surface area contributed by atoms with E-state index in [1.165, 1.54) is 31.2 Å². The molecule has 3 saturated carbocycles. The van der Waals surface area contributed by atoms with Gasteiger partial charge in [0, 0.05) is 73.3 Å². The Hall–Kier alpha value is -5.30. The first kappa shape index (κ1) is 76.5. The highest BCUT2D eigenvalue weighted by atomic mass is 19.1.